The summed E-state index contributed by atoms with van der Waals surface area (Å²) in [5.41, 5.74) is 0. The Labute approximate surface area is 69.9 Å². The summed E-state index contributed by atoms with van der Waals surface area (Å²) in [6.45, 7) is 7.88. The minimum atomic E-state index is -2.38. The molecule has 2 nitrogen and oxygen atoms in total. The Bertz CT molecular complexity index is 143. The Morgan fingerprint density at radius 2 is 2.00 bits per heavy atom. The molecule has 11 heavy (non-hydrogen) atoms. The van der Waals surface area contributed by atoms with Gasteiger partial charge in [-0.05, 0) is 12.3 Å². The molecule has 0 amide bonds. The average Bonchev–Trinajstić information content (AvgIpc) is 1.88. The Morgan fingerprint density at radius 1 is 1.55 bits per heavy atom. The van der Waals surface area contributed by atoms with Crippen molar-refractivity contribution < 1.29 is 9.46 Å². The molecule has 0 spiro atoms. The predicted molar refractivity (Wildman–Crippen MR) is 49.4 cm³/mol. The summed E-state index contributed by atoms with van der Waals surface area (Å²) < 4.78 is 10.9. The predicted octanol–water partition coefficient (Wildman–Crippen LogP) is 2.67. The Kier molecular flexibility index (Phi) is 4.35. The van der Waals surface area contributed by atoms with Crippen LogP contribution in [0.25, 0.3) is 0 Å². The molecule has 0 radical (unpaired) electrons. The van der Waals surface area contributed by atoms with Gasteiger partial charge in [0.05, 0.1) is 0 Å². The first-order valence-corrected chi connectivity index (χ1v) is 5.51. The van der Waals surface area contributed by atoms with Gasteiger partial charge in [-0.2, -0.15) is 0 Å². The van der Waals surface area contributed by atoms with E-state index in [1.54, 1.807) is 0 Å². The Balaban J connectivity index is 4.17. The second kappa shape index (κ2) is 4.27. The van der Waals surface area contributed by atoms with Gasteiger partial charge in [-0.15, -0.1) is 0 Å². The van der Waals surface area contributed by atoms with Crippen LogP contribution in [0.2, 0.25) is 0 Å². The molecule has 0 saturated heterocycles. The fourth-order valence-corrected chi connectivity index (χ4v) is 1.57. The van der Waals surface area contributed by atoms with E-state index in [9.17, 15) is 4.57 Å². The quantitative estimate of drug-likeness (QED) is 0.672. The topological polar surface area (TPSA) is 37.3 Å². The molecule has 0 saturated carbocycles. The minimum absolute atomic E-state index is 0.337. The molecular weight excluding hydrogens is 159 g/mol. The second-order valence-corrected chi connectivity index (χ2v) is 5.62. The van der Waals surface area contributed by atoms with Crippen molar-refractivity contribution in [3.8, 4) is 0 Å². The summed E-state index contributed by atoms with van der Waals surface area (Å²) in [6, 6.07) is 0. The van der Waals surface area contributed by atoms with Crippen molar-refractivity contribution in [3.05, 3.63) is 0 Å². The van der Waals surface area contributed by atoms with Crippen LogP contribution >= 0.6 is 8.03 Å². The van der Waals surface area contributed by atoms with Crippen LogP contribution in [0.3, 0.4) is 0 Å². The molecule has 0 aromatic carbocycles. The van der Waals surface area contributed by atoms with Crippen molar-refractivity contribution in [2.75, 3.05) is 0 Å². The lowest BCUT2D eigenvalue weighted by molar-refractivity contribution is 0.371. The van der Waals surface area contributed by atoms with Crippen molar-refractivity contribution >= 4 is 8.03 Å². The van der Waals surface area contributed by atoms with Crippen LogP contribution in [-0.2, 0) is 4.57 Å². The van der Waals surface area contributed by atoms with Crippen molar-refractivity contribution in [1.82, 2.24) is 0 Å². The summed E-state index contributed by atoms with van der Waals surface area (Å²) in [5.74, 6) is 0.337. The zero-order chi connectivity index (χ0) is 9.07. The average molecular weight is 178 g/mol. The van der Waals surface area contributed by atoms with Crippen molar-refractivity contribution in [3.63, 3.8) is 0 Å². The van der Waals surface area contributed by atoms with E-state index in [0.29, 0.717) is 5.92 Å². The lowest BCUT2D eigenvalue weighted by atomic mass is 9.93. The van der Waals surface area contributed by atoms with Gasteiger partial charge < -0.3 is 4.89 Å². The maximum atomic E-state index is 10.9. The molecule has 1 N–H and O–H groups in total. The molecule has 0 fully saturated rings. The molecule has 0 bridgehead atoms. The molecule has 3 heteroatoms. The fraction of sp³-hybridized carbons (Fsp3) is 1.00. The van der Waals surface area contributed by atoms with Crippen molar-refractivity contribution in [2.24, 2.45) is 5.92 Å². The van der Waals surface area contributed by atoms with Gasteiger partial charge >= 0.3 is 0 Å². The number of rotatable bonds is 4. The van der Waals surface area contributed by atoms with E-state index in [-0.39, 0.29) is 5.16 Å². The lowest BCUT2D eigenvalue weighted by Crippen LogP contribution is -2.24. The maximum absolute atomic E-state index is 10.9. The Hall–Kier alpha value is 0.190. The number of hydrogen-bond acceptors (Lipinski definition) is 1. The van der Waals surface area contributed by atoms with Crippen LogP contribution in [0.4, 0.5) is 0 Å². The summed E-state index contributed by atoms with van der Waals surface area (Å²) >= 11 is 0. The van der Waals surface area contributed by atoms with Gasteiger partial charge in [0, 0.05) is 5.16 Å². The maximum Gasteiger partial charge on any atom is 0.194 e. The molecule has 0 heterocycles. The first-order valence-electron chi connectivity index (χ1n) is 4.16. The van der Waals surface area contributed by atoms with Gasteiger partial charge in [-0.3, -0.25) is 4.57 Å². The third-order valence-corrected chi connectivity index (χ3v) is 4.10. The molecule has 0 aliphatic heterocycles. The highest BCUT2D eigenvalue weighted by atomic mass is 31.1. The first-order chi connectivity index (χ1) is 4.92. The van der Waals surface area contributed by atoms with Gasteiger partial charge in [0.15, 0.2) is 8.03 Å². The highest BCUT2D eigenvalue weighted by molar-refractivity contribution is 7.40. The third-order valence-electron chi connectivity index (χ3n) is 2.50. The van der Waals surface area contributed by atoms with E-state index in [0.717, 1.165) is 12.8 Å². The van der Waals surface area contributed by atoms with Gasteiger partial charge in [0.2, 0.25) is 0 Å². The van der Waals surface area contributed by atoms with Crippen LogP contribution < -0.4 is 0 Å². The lowest BCUT2D eigenvalue weighted by Gasteiger charge is -2.28. The van der Waals surface area contributed by atoms with Crippen LogP contribution in [0.15, 0.2) is 0 Å². The molecule has 0 aliphatic carbocycles. The summed E-state index contributed by atoms with van der Waals surface area (Å²) in [6.07, 6.45) is 2.11. The van der Waals surface area contributed by atoms with Crippen LogP contribution in [-0.4, -0.2) is 10.0 Å². The van der Waals surface area contributed by atoms with E-state index < -0.39 is 8.03 Å². The zero-order valence-electron chi connectivity index (χ0n) is 7.85. The molecule has 2 unspecified atom stereocenters. The SMILES string of the molecule is CCCC(C)C(C)(C)[PH](=O)O. The molecule has 0 aliphatic rings. The normalized spacial score (nSPS) is 17.9. The van der Waals surface area contributed by atoms with E-state index in [1.165, 1.54) is 0 Å². The smallest absolute Gasteiger partial charge is 0.194 e. The van der Waals surface area contributed by atoms with E-state index in [2.05, 4.69) is 6.92 Å². The molecule has 2 atom stereocenters. The minimum Gasteiger partial charge on any atom is -0.346 e. The summed E-state index contributed by atoms with van der Waals surface area (Å²) in [4.78, 5) is 9.02. The molecule has 0 rings (SSSR count). The largest absolute Gasteiger partial charge is 0.346 e. The molecule has 0 aromatic heterocycles. The van der Waals surface area contributed by atoms with E-state index in [1.807, 2.05) is 20.8 Å². The molecule has 0 aromatic rings. The summed E-state index contributed by atoms with van der Waals surface area (Å²) in [7, 11) is -2.38. The van der Waals surface area contributed by atoms with Crippen LogP contribution in [0.1, 0.15) is 40.5 Å². The van der Waals surface area contributed by atoms with E-state index in [4.69, 9.17) is 4.89 Å². The molecule has 68 valence electrons. The van der Waals surface area contributed by atoms with Crippen molar-refractivity contribution in [2.45, 2.75) is 45.7 Å². The van der Waals surface area contributed by atoms with Crippen LogP contribution in [0, 0.1) is 5.92 Å². The van der Waals surface area contributed by atoms with Gasteiger partial charge in [0.1, 0.15) is 0 Å². The van der Waals surface area contributed by atoms with E-state index >= 15 is 0 Å². The van der Waals surface area contributed by atoms with Gasteiger partial charge in [-0.1, -0.05) is 34.1 Å². The highest BCUT2D eigenvalue weighted by Gasteiger charge is 2.30. The first kappa shape index (κ1) is 11.2. The van der Waals surface area contributed by atoms with Crippen LogP contribution in [0.5, 0.6) is 0 Å². The number of hydrogen-bond donors (Lipinski definition) is 1. The van der Waals surface area contributed by atoms with Gasteiger partial charge in [0.25, 0.3) is 0 Å². The molecular formula is C8H19O2P. The van der Waals surface area contributed by atoms with Crippen molar-refractivity contribution in [1.29, 1.82) is 0 Å². The monoisotopic (exact) mass is 178 g/mol. The fourth-order valence-electron chi connectivity index (χ4n) is 1.00. The second-order valence-electron chi connectivity index (χ2n) is 3.72. The Morgan fingerprint density at radius 3 is 2.27 bits per heavy atom. The van der Waals surface area contributed by atoms with Gasteiger partial charge in [-0.25, -0.2) is 0 Å². The zero-order valence-corrected chi connectivity index (χ0v) is 8.85. The third kappa shape index (κ3) is 2.96. The highest BCUT2D eigenvalue weighted by Crippen LogP contribution is 2.42. The summed E-state index contributed by atoms with van der Waals surface area (Å²) in [5, 5.41) is -0.388. The standard InChI is InChI=1S/C8H19O2P/c1-5-6-7(2)8(3,4)11(9)10/h7,11H,5-6H2,1-4H3,(H,9,10).